The molecular weight excluding hydrogens is 396 g/mol. The molecule has 3 rings (SSSR count). The van der Waals surface area contributed by atoms with Gasteiger partial charge in [0.25, 0.3) is 0 Å². The second-order valence-corrected chi connectivity index (χ2v) is 5.91. The van der Waals surface area contributed by atoms with Gasteiger partial charge in [0.1, 0.15) is 0 Å². The van der Waals surface area contributed by atoms with Gasteiger partial charge in [0.05, 0.1) is 31.9 Å². The molecule has 146 valence electrons. The third-order valence-electron chi connectivity index (χ3n) is 3.89. The molecule has 0 N–H and O–H groups in total. The van der Waals surface area contributed by atoms with E-state index in [1.807, 2.05) is 0 Å². The standard InChI is InChI=1S/C19H14ClF2NO5/c1-25-15-5-4-9(16(26-2)17(15)27-3)6-14-19(24)28-18(23-14)10-7-12(21)13(22)8-11(10)20/h4-8H,1-3H3/b14-6-. The van der Waals surface area contributed by atoms with Crippen molar-refractivity contribution in [1.29, 1.82) is 0 Å². The number of halogens is 3. The van der Waals surface area contributed by atoms with Crippen molar-refractivity contribution in [2.45, 2.75) is 0 Å². The molecule has 2 aromatic rings. The summed E-state index contributed by atoms with van der Waals surface area (Å²) in [5.41, 5.74) is 0.339. The van der Waals surface area contributed by atoms with Gasteiger partial charge in [-0.25, -0.2) is 18.6 Å². The number of ether oxygens (including phenoxy) is 4. The maximum absolute atomic E-state index is 13.5. The topological polar surface area (TPSA) is 66.4 Å². The molecule has 6 nitrogen and oxygen atoms in total. The van der Waals surface area contributed by atoms with Crippen LogP contribution in [0.4, 0.5) is 8.78 Å². The predicted molar refractivity (Wildman–Crippen MR) is 98.1 cm³/mol. The number of rotatable bonds is 5. The Kier molecular flexibility index (Phi) is 5.51. The van der Waals surface area contributed by atoms with Gasteiger partial charge < -0.3 is 18.9 Å². The van der Waals surface area contributed by atoms with E-state index in [9.17, 15) is 13.6 Å². The molecule has 0 amide bonds. The Morgan fingerprint density at radius 2 is 1.71 bits per heavy atom. The molecule has 1 heterocycles. The van der Waals surface area contributed by atoms with Gasteiger partial charge in [-0.05, 0) is 30.3 Å². The fourth-order valence-electron chi connectivity index (χ4n) is 2.60. The Hall–Kier alpha value is -3.13. The summed E-state index contributed by atoms with van der Waals surface area (Å²) < 4.78 is 47.7. The van der Waals surface area contributed by atoms with Crippen LogP contribution >= 0.6 is 11.6 Å². The highest BCUT2D eigenvalue weighted by atomic mass is 35.5. The van der Waals surface area contributed by atoms with Crippen LogP contribution in [-0.4, -0.2) is 33.2 Å². The fraction of sp³-hybridized carbons (Fsp3) is 0.158. The lowest BCUT2D eigenvalue weighted by molar-refractivity contribution is -0.129. The summed E-state index contributed by atoms with van der Waals surface area (Å²) in [4.78, 5) is 16.2. The van der Waals surface area contributed by atoms with Crippen LogP contribution < -0.4 is 14.2 Å². The van der Waals surface area contributed by atoms with E-state index in [1.165, 1.54) is 27.4 Å². The zero-order valence-electron chi connectivity index (χ0n) is 15.0. The van der Waals surface area contributed by atoms with Gasteiger partial charge >= 0.3 is 5.97 Å². The molecule has 28 heavy (non-hydrogen) atoms. The number of cyclic esters (lactones) is 1. The van der Waals surface area contributed by atoms with Crippen LogP contribution in [0.5, 0.6) is 17.2 Å². The number of aliphatic imine (C=N–C) groups is 1. The monoisotopic (exact) mass is 409 g/mol. The zero-order chi connectivity index (χ0) is 20.4. The van der Waals surface area contributed by atoms with Crippen LogP contribution in [0.15, 0.2) is 35.0 Å². The normalized spacial score (nSPS) is 14.7. The third kappa shape index (κ3) is 3.50. The van der Waals surface area contributed by atoms with Crippen LogP contribution in [0.1, 0.15) is 11.1 Å². The lowest BCUT2D eigenvalue weighted by Gasteiger charge is -2.14. The van der Waals surface area contributed by atoms with Crippen LogP contribution in [-0.2, 0) is 9.53 Å². The second kappa shape index (κ2) is 7.85. The minimum atomic E-state index is -1.14. The minimum absolute atomic E-state index is 0.0448. The van der Waals surface area contributed by atoms with Crippen LogP contribution in [0.3, 0.4) is 0 Å². The minimum Gasteiger partial charge on any atom is -0.493 e. The first kappa shape index (κ1) is 19.6. The first-order valence-electron chi connectivity index (χ1n) is 7.86. The van der Waals surface area contributed by atoms with E-state index < -0.39 is 17.6 Å². The number of carbonyl (C=O) groups is 1. The highest BCUT2D eigenvalue weighted by Crippen LogP contribution is 2.41. The van der Waals surface area contributed by atoms with Gasteiger partial charge in [0.2, 0.25) is 11.6 Å². The molecule has 0 spiro atoms. The molecule has 0 aromatic heterocycles. The molecule has 0 aliphatic carbocycles. The van der Waals surface area contributed by atoms with E-state index in [0.717, 1.165) is 12.1 Å². The lowest BCUT2D eigenvalue weighted by atomic mass is 10.1. The predicted octanol–water partition coefficient (Wildman–Crippen LogP) is 3.99. The smallest absolute Gasteiger partial charge is 0.363 e. The summed E-state index contributed by atoms with van der Waals surface area (Å²) in [5.74, 6) is -2.20. The second-order valence-electron chi connectivity index (χ2n) is 5.51. The molecule has 0 unspecified atom stereocenters. The molecule has 2 aromatic carbocycles. The first-order chi connectivity index (χ1) is 13.4. The quantitative estimate of drug-likeness (QED) is 0.424. The molecule has 0 fully saturated rings. The van der Waals surface area contributed by atoms with Gasteiger partial charge in [-0.15, -0.1) is 0 Å². The van der Waals surface area contributed by atoms with E-state index in [-0.39, 0.29) is 22.2 Å². The molecule has 0 radical (unpaired) electrons. The highest BCUT2D eigenvalue weighted by Gasteiger charge is 2.27. The summed E-state index contributed by atoms with van der Waals surface area (Å²) in [7, 11) is 4.36. The Labute approximate surface area is 163 Å². The van der Waals surface area contributed by atoms with E-state index in [1.54, 1.807) is 12.1 Å². The van der Waals surface area contributed by atoms with Crippen molar-refractivity contribution < 1.29 is 32.5 Å². The number of nitrogens with zero attached hydrogens (tertiary/aromatic N) is 1. The van der Waals surface area contributed by atoms with Crippen molar-refractivity contribution in [3.8, 4) is 17.2 Å². The van der Waals surface area contributed by atoms with Crippen molar-refractivity contribution in [3.63, 3.8) is 0 Å². The van der Waals surface area contributed by atoms with E-state index in [4.69, 9.17) is 30.5 Å². The van der Waals surface area contributed by atoms with E-state index in [0.29, 0.717) is 22.8 Å². The number of benzene rings is 2. The fourth-order valence-corrected chi connectivity index (χ4v) is 2.83. The maximum Gasteiger partial charge on any atom is 0.363 e. The summed E-state index contributed by atoms with van der Waals surface area (Å²) in [6, 6.07) is 4.86. The summed E-state index contributed by atoms with van der Waals surface area (Å²) in [5, 5.41) is -0.143. The number of methoxy groups -OCH3 is 3. The number of hydrogen-bond acceptors (Lipinski definition) is 6. The van der Waals surface area contributed by atoms with Crippen molar-refractivity contribution in [3.05, 3.63) is 57.7 Å². The molecule has 9 heteroatoms. The molecule has 0 bridgehead atoms. The molecule has 1 aliphatic rings. The average molecular weight is 410 g/mol. The first-order valence-corrected chi connectivity index (χ1v) is 8.23. The Morgan fingerprint density at radius 3 is 2.36 bits per heavy atom. The van der Waals surface area contributed by atoms with Crippen molar-refractivity contribution in [1.82, 2.24) is 0 Å². The molecular formula is C19H14ClF2NO5. The number of esters is 1. The maximum atomic E-state index is 13.5. The van der Waals surface area contributed by atoms with Gasteiger partial charge in [-0.1, -0.05) is 11.6 Å². The Morgan fingerprint density at radius 1 is 1.04 bits per heavy atom. The Bertz CT molecular complexity index is 1020. The Balaban J connectivity index is 2.06. The van der Waals surface area contributed by atoms with Crippen LogP contribution in [0.2, 0.25) is 5.02 Å². The largest absolute Gasteiger partial charge is 0.493 e. The molecule has 0 atom stereocenters. The van der Waals surface area contributed by atoms with E-state index >= 15 is 0 Å². The van der Waals surface area contributed by atoms with Crippen LogP contribution in [0.25, 0.3) is 6.08 Å². The van der Waals surface area contributed by atoms with Gasteiger partial charge in [0, 0.05) is 5.56 Å². The van der Waals surface area contributed by atoms with Gasteiger partial charge in [-0.2, -0.15) is 0 Å². The van der Waals surface area contributed by atoms with Crippen molar-refractivity contribution >= 4 is 29.5 Å². The SMILES string of the molecule is COc1ccc(/C=C2\N=C(c3cc(F)c(F)cc3Cl)OC2=O)c(OC)c1OC. The number of hydrogen-bond donors (Lipinski definition) is 0. The van der Waals surface area contributed by atoms with Crippen molar-refractivity contribution in [2.75, 3.05) is 21.3 Å². The zero-order valence-corrected chi connectivity index (χ0v) is 15.8. The summed E-state index contributed by atoms with van der Waals surface area (Å²) in [6.45, 7) is 0. The molecule has 0 saturated carbocycles. The van der Waals surface area contributed by atoms with E-state index in [2.05, 4.69) is 4.99 Å². The van der Waals surface area contributed by atoms with Gasteiger partial charge in [0.15, 0.2) is 28.8 Å². The highest BCUT2D eigenvalue weighted by molar-refractivity contribution is 6.34. The van der Waals surface area contributed by atoms with Crippen molar-refractivity contribution in [2.24, 2.45) is 4.99 Å². The molecule has 1 aliphatic heterocycles. The molecule has 0 saturated heterocycles. The van der Waals surface area contributed by atoms with Gasteiger partial charge in [-0.3, -0.25) is 0 Å². The lowest BCUT2D eigenvalue weighted by Crippen LogP contribution is -2.07. The summed E-state index contributed by atoms with van der Waals surface area (Å²) >= 11 is 5.91. The average Bonchev–Trinajstić information content (AvgIpc) is 3.04. The van der Waals surface area contributed by atoms with Crippen LogP contribution in [0, 0.1) is 11.6 Å². The summed E-state index contributed by atoms with van der Waals surface area (Å²) in [6.07, 6.45) is 1.41. The number of carbonyl (C=O) groups excluding carboxylic acids is 1. The third-order valence-corrected chi connectivity index (χ3v) is 4.20.